The van der Waals surface area contributed by atoms with E-state index < -0.39 is 0 Å². The van der Waals surface area contributed by atoms with Crippen molar-refractivity contribution in [3.05, 3.63) is 70.6 Å². The molecule has 1 aliphatic heterocycles. The molecular formula is C19H18ClN3O. The molecule has 0 N–H and O–H groups in total. The zero-order valence-corrected chi connectivity index (χ0v) is 14.2. The third-order valence-corrected chi connectivity index (χ3v) is 4.88. The highest BCUT2D eigenvalue weighted by atomic mass is 35.5. The Balaban J connectivity index is 1.76. The number of hydrogen-bond acceptors (Lipinski definition) is 2. The molecule has 0 bridgehead atoms. The number of aromatic nitrogens is 2. The first kappa shape index (κ1) is 15.2. The number of fused-ring (bicyclic) bond motifs is 1. The van der Waals surface area contributed by atoms with Gasteiger partial charge in [0.2, 0.25) is 0 Å². The fourth-order valence-corrected chi connectivity index (χ4v) is 3.72. The van der Waals surface area contributed by atoms with Gasteiger partial charge in [-0.1, -0.05) is 41.9 Å². The van der Waals surface area contributed by atoms with Crippen molar-refractivity contribution in [2.45, 2.75) is 25.8 Å². The minimum absolute atomic E-state index is 0.0219. The molecule has 3 aromatic rings. The van der Waals surface area contributed by atoms with E-state index in [0.29, 0.717) is 10.7 Å². The van der Waals surface area contributed by atoms with Gasteiger partial charge in [-0.3, -0.25) is 9.20 Å². The Morgan fingerprint density at radius 2 is 2.00 bits per heavy atom. The van der Waals surface area contributed by atoms with Crippen LogP contribution in [-0.4, -0.2) is 26.7 Å². The Morgan fingerprint density at radius 1 is 1.21 bits per heavy atom. The molecular weight excluding hydrogens is 322 g/mol. The van der Waals surface area contributed by atoms with Gasteiger partial charge in [0.05, 0.1) is 16.8 Å². The van der Waals surface area contributed by atoms with Crippen molar-refractivity contribution in [3.63, 3.8) is 0 Å². The fourth-order valence-electron chi connectivity index (χ4n) is 3.56. The smallest absolute Gasteiger partial charge is 0.273 e. The van der Waals surface area contributed by atoms with E-state index >= 15 is 0 Å². The summed E-state index contributed by atoms with van der Waals surface area (Å²) in [6.45, 7) is 2.65. The number of nitrogens with zero attached hydrogens (tertiary/aromatic N) is 3. The minimum atomic E-state index is 0.0219. The van der Waals surface area contributed by atoms with Crippen LogP contribution in [0, 0.1) is 6.92 Å². The van der Waals surface area contributed by atoms with Crippen molar-refractivity contribution in [1.29, 1.82) is 0 Å². The second kappa shape index (κ2) is 5.95. The van der Waals surface area contributed by atoms with Crippen molar-refractivity contribution in [2.24, 2.45) is 0 Å². The number of halogens is 1. The Bertz CT molecular complexity index is 904. The van der Waals surface area contributed by atoms with Crippen molar-refractivity contribution in [3.8, 4) is 0 Å². The van der Waals surface area contributed by atoms with Crippen molar-refractivity contribution in [1.82, 2.24) is 14.3 Å². The van der Waals surface area contributed by atoms with Gasteiger partial charge >= 0.3 is 0 Å². The molecule has 1 aliphatic rings. The van der Waals surface area contributed by atoms with Crippen LogP contribution in [0.2, 0.25) is 5.02 Å². The van der Waals surface area contributed by atoms with Crippen LogP contribution in [-0.2, 0) is 0 Å². The van der Waals surface area contributed by atoms with E-state index in [4.69, 9.17) is 11.6 Å². The summed E-state index contributed by atoms with van der Waals surface area (Å²) in [7, 11) is 0. The van der Waals surface area contributed by atoms with E-state index in [2.05, 4.69) is 17.1 Å². The number of pyridine rings is 1. The summed E-state index contributed by atoms with van der Waals surface area (Å²) in [5, 5.41) is 0.593. The first-order chi connectivity index (χ1) is 11.6. The van der Waals surface area contributed by atoms with Crippen LogP contribution in [0.1, 0.15) is 40.6 Å². The molecule has 0 saturated carbocycles. The monoisotopic (exact) mass is 339 g/mol. The first-order valence-corrected chi connectivity index (χ1v) is 8.53. The van der Waals surface area contributed by atoms with Gasteiger partial charge in [-0.05, 0) is 37.5 Å². The predicted molar refractivity (Wildman–Crippen MR) is 94.4 cm³/mol. The fraction of sp³-hybridized carbons (Fsp3) is 0.263. The highest BCUT2D eigenvalue weighted by Crippen LogP contribution is 2.33. The molecule has 2 aromatic heterocycles. The third-order valence-electron chi connectivity index (χ3n) is 4.66. The Labute approximate surface area is 145 Å². The number of carbonyl (C=O) groups excluding carboxylic acids is 1. The second-order valence-corrected chi connectivity index (χ2v) is 6.63. The van der Waals surface area contributed by atoms with Gasteiger partial charge in [-0.2, -0.15) is 0 Å². The topological polar surface area (TPSA) is 37.6 Å². The molecule has 5 heteroatoms. The summed E-state index contributed by atoms with van der Waals surface area (Å²) in [4.78, 5) is 19.7. The van der Waals surface area contributed by atoms with Crippen molar-refractivity contribution < 1.29 is 4.79 Å². The van der Waals surface area contributed by atoms with E-state index in [1.165, 1.54) is 5.56 Å². The molecule has 4 nitrogen and oxygen atoms in total. The largest absolute Gasteiger partial charge is 0.330 e. The molecule has 0 aliphatic carbocycles. The third kappa shape index (κ3) is 2.47. The number of aryl methyl sites for hydroxylation is 1. The van der Waals surface area contributed by atoms with Crippen LogP contribution in [0.25, 0.3) is 5.65 Å². The molecule has 1 saturated heterocycles. The number of benzene rings is 1. The van der Waals surface area contributed by atoms with Gasteiger partial charge in [-0.15, -0.1) is 0 Å². The van der Waals surface area contributed by atoms with Gasteiger partial charge in [0.25, 0.3) is 5.91 Å². The number of carbonyl (C=O) groups is 1. The molecule has 0 spiro atoms. The summed E-state index contributed by atoms with van der Waals surface area (Å²) < 4.78 is 1.81. The number of likely N-dealkylation sites (tertiary alicyclic amines) is 1. The summed E-state index contributed by atoms with van der Waals surface area (Å²) in [6.07, 6.45) is 3.77. The molecule has 3 heterocycles. The molecule has 122 valence electrons. The lowest BCUT2D eigenvalue weighted by atomic mass is 10.0. The number of imidazole rings is 1. The maximum atomic E-state index is 13.3. The van der Waals surface area contributed by atoms with Crippen LogP contribution in [0.5, 0.6) is 0 Å². The molecule has 0 radical (unpaired) electrons. The summed E-state index contributed by atoms with van der Waals surface area (Å²) >= 11 is 6.12. The zero-order valence-electron chi connectivity index (χ0n) is 13.4. The summed E-state index contributed by atoms with van der Waals surface area (Å²) in [5.41, 5.74) is 3.28. The minimum Gasteiger partial charge on any atom is -0.330 e. The lowest BCUT2D eigenvalue weighted by molar-refractivity contribution is 0.0728. The Morgan fingerprint density at radius 3 is 2.79 bits per heavy atom. The van der Waals surface area contributed by atoms with Crippen LogP contribution in [0.15, 0.2) is 48.7 Å². The highest BCUT2D eigenvalue weighted by molar-refractivity contribution is 6.30. The van der Waals surface area contributed by atoms with E-state index in [-0.39, 0.29) is 11.9 Å². The number of amides is 1. The predicted octanol–water partition coefficient (Wildman–Crippen LogP) is 4.27. The molecule has 24 heavy (non-hydrogen) atoms. The van der Waals surface area contributed by atoms with Crippen molar-refractivity contribution in [2.75, 3.05) is 6.54 Å². The maximum absolute atomic E-state index is 13.3. The van der Waals surface area contributed by atoms with Crippen molar-refractivity contribution >= 4 is 23.2 Å². The molecule has 1 fully saturated rings. The van der Waals surface area contributed by atoms with Crippen LogP contribution in [0.4, 0.5) is 0 Å². The second-order valence-electron chi connectivity index (χ2n) is 6.19. The van der Waals surface area contributed by atoms with Gasteiger partial charge in [0.15, 0.2) is 0 Å². The van der Waals surface area contributed by atoms with E-state index in [1.54, 1.807) is 16.7 Å². The molecule has 1 atom stereocenters. The lowest BCUT2D eigenvalue weighted by Crippen LogP contribution is -2.31. The van der Waals surface area contributed by atoms with E-state index in [9.17, 15) is 4.79 Å². The number of hydrogen-bond donors (Lipinski definition) is 0. The molecule has 1 aromatic carbocycles. The Kier molecular flexibility index (Phi) is 3.77. The quantitative estimate of drug-likeness (QED) is 0.699. The maximum Gasteiger partial charge on any atom is 0.273 e. The zero-order chi connectivity index (χ0) is 16.7. The normalized spacial score (nSPS) is 17.6. The Hall–Kier alpha value is -2.33. The van der Waals surface area contributed by atoms with Crippen LogP contribution in [0.3, 0.4) is 0 Å². The van der Waals surface area contributed by atoms with Gasteiger partial charge in [-0.25, -0.2) is 4.98 Å². The number of rotatable bonds is 2. The van der Waals surface area contributed by atoms with Gasteiger partial charge in [0.1, 0.15) is 11.3 Å². The van der Waals surface area contributed by atoms with Crippen LogP contribution < -0.4 is 0 Å². The highest BCUT2D eigenvalue weighted by Gasteiger charge is 2.32. The average Bonchev–Trinajstić information content (AvgIpc) is 3.19. The van der Waals surface area contributed by atoms with E-state index in [0.717, 1.165) is 30.7 Å². The average molecular weight is 340 g/mol. The van der Waals surface area contributed by atoms with E-state index in [1.807, 2.05) is 36.1 Å². The SMILES string of the molecule is Cc1nc2ccc(Cl)cn2c1C(=O)N1CCC[C@@H]1c1ccccc1. The summed E-state index contributed by atoms with van der Waals surface area (Å²) in [5.74, 6) is 0.0219. The lowest BCUT2D eigenvalue weighted by Gasteiger charge is -2.25. The van der Waals surface area contributed by atoms with Gasteiger partial charge in [0, 0.05) is 12.7 Å². The summed E-state index contributed by atoms with van der Waals surface area (Å²) in [6, 6.07) is 14.0. The first-order valence-electron chi connectivity index (χ1n) is 8.15. The van der Waals surface area contributed by atoms with Crippen LogP contribution >= 0.6 is 11.6 Å². The standard InChI is InChI=1S/C19H18ClN3O/c1-13-18(23-12-15(20)9-10-17(23)21-13)19(24)22-11-5-8-16(22)14-6-3-2-4-7-14/h2-4,6-7,9-10,12,16H,5,8,11H2,1H3/t16-/m1/s1. The molecule has 1 amide bonds. The molecule has 4 rings (SSSR count). The van der Waals surface area contributed by atoms with Gasteiger partial charge < -0.3 is 4.90 Å². The molecule has 0 unspecified atom stereocenters.